The minimum atomic E-state index is -3.54. The second-order valence-electron chi connectivity index (χ2n) is 7.59. The van der Waals surface area contributed by atoms with Gasteiger partial charge in [-0.25, -0.2) is 4.79 Å². The lowest BCUT2D eigenvalue weighted by Crippen LogP contribution is -2.17. The Kier molecular flexibility index (Phi) is 6.47. The van der Waals surface area contributed by atoms with Crippen molar-refractivity contribution >= 4 is 35.8 Å². The molecule has 168 valence electrons. The number of carboxylic acid groups (broad SMARTS) is 1. The Hall–Kier alpha value is -3.25. The van der Waals surface area contributed by atoms with Crippen LogP contribution in [0.25, 0.3) is 21.7 Å². The first-order chi connectivity index (χ1) is 15.8. The molecular weight excluding hydrogens is 455 g/mol. The molecular formula is C25H23N2O4PS. The third-order valence-electron chi connectivity index (χ3n) is 5.25. The zero-order valence-corrected chi connectivity index (χ0v) is 20.1. The number of nitrogens with one attached hydrogen (secondary N) is 1. The number of carbonyl (C=O) groups is 1. The smallest absolute Gasteiger partial charge is 0.348 e. The molecule has 0 amide bonds. The van der Waals surface area contributed by atoms with Gasteiger partial charge >= 0.3 is 13.5 Å². The number of hydrogen-bond acceptors (Lipinski definition) is 5. The van der Waals surface area contributed by atoms with Gasteiger partial charge in [0.15, 0.2) is 0 Å². The maximum atomic E-state index is 13.7. The zero-order chi connectivity index (χ0) is 23.6. The Morgan fingerprint density at radius 2 is 1.76 bits per heavy atom. The minimum absolute atomic E-state index is 0.0702. The van der Waals surface area contributed by atoms with E-state index in [9.17, 15) is 14.5 Å². The van der Waals surface area contributed by atoms with Gasteiger partial charge in [0.2, 0.25) is 0 Å². The number of pyridine rings is 1. The summed E-state index contributed by atoms with van der Waals surface area (Å²) in [6.07, 6.45) is 1.74. The van der Waals surface area contributed by atoms with Gasteiger partial charge in [-0.05, 0) is 49.2 Å². The molecule has 2 N–H and O–H groups in total. The fourth-order valence-corrected chi connectivity index (χ4v) is 6.35. The molecule has 0 aliphatic rings. The number of thiophene rings is 1. The lowest BCUT2D eigenvalue weighted by molar-refractivity contribution is 0.0703. The van der Waals surface area contributed by atoms with Crippen LogP contribution in [0, 0.1) is 13.8 Å². The van der Waals surface area contributed by atoms with Gasteiger partial charge < -0.3 is 14.7 Å². The van der Waals surface area contributed by atoms with E-state index in [1.165, 1.54) is 7.11 Å². The number of aryl methyl sites for hydroxylation is 2. The molecule has 6 nitrogen and oxygen atoms in total. The predicted molar refractivity (Wildman–Crippen MR) is 134 cm³/mol. The maximum absolute atomic E-state index is 13.7. The van der Waals surface area contributed by atoms with E-state index >= 15 is 0 Å². The molecule has 33 heavy (non-hydrogen) atoms. The summed E-state index contributed by atoms with van der Waals surface area (Å²) in [4.78, 5) is 17.1. The van der Waals surface area contributed by atoms with Crippen LogP contribution >= 0.6 is 18.9 Å². The lowest BCUT2D eigenvalue weighted by Gasteiger charge is -2.20. The van der Waals surface area contributed by atoms with Crippen molar-refractivity contribution in [3.05, 3.63) is 88.9 Å². The van der Waals surface area contributed by atoms with Crippen LogP contribution in [-0.4, -0.2) is 23.2 Å². The Morgan fingerprint density at radius 1 is 1.03 bits per heavy atom. The number of nitrogens with zero attached hydrogens (tertiary/aromatic N) is 1. The van der Waals surface area contributed by atoms with Gasteiger partial charge in [0.05, 0.1) is 16.7 Å². The first kappa shape index (κ1) is 22.9. The average molecular weight is 479 g/mol. The average Bonchev–Trinajstić information content (AvgIpc) is 3.23. The Balaban J connectivity index is 1.69. The molecule has 2 aromatic heterocycles. The van der Waals surface area contributed by atoms with Crippen molar-refractivity contribution < 1.29 is 19.0 Å². The molecule has 0 saturated carbocycles. The molecule has 0 aliphatic carbocycles. The number of hydrogen-bond donors (Lipinski definition) is 2. The normalized spacial score (nSPS) is 12.8. The topological polar surface area (TPSA) is 88.5 Å². The van der Waals surface area contributed by atoms with Crippen molar-refractivity contribution in [1.82, 2.24) is 4.98 Å². The number of carboxylic acids is 1. The van der Waals surface area contributed by atoms with Crippen LogP contribution in [0.2, 0.25) is 0 Å². The van der Waals surface area contributed by atoms with Crippen LogP contribution in [0.3, 0.4) is 0 Å². The molecule has 1 atom stereocenters. The Labute approximate surface area is 196 Å². The van der Waals surface area contributed by atoms with Crippen LogP contribution in [0.1, 0.15) is 20.8 Å². The largest absolute Gasteiger partial charge is 0.477 e. The molecule has 0 spiro atoms. The summed E-state index contributed by atoms with van der Waals surface area (Å²) >= 11 is 1.12. The van der Waals surface area contributed by atoms with Crippen LogP contribution in [0.4, 0.5) is 5.69 Å². The third-order valence-corrected chi connectivity index (χ3v) is 8.61. The summed E-state index contributed by atoms with van der Waals surface area (Å²) in [5.74, 6) is -1.10. The summed E-state index contributed by atoms with van der Waals surface area (Å²) in [6.45, 7) is 3.81. The molecule has 4 rings (SSSR count). The molecule has 8 heteroatoms. The van der Waals surface area contributed by atoms with Crippen molar-refractivity contribution in [1.29, 1.82) is 0 Å². The number of anilines is 1. The first-order valence-electron chi connectivity index (χ1n) is 10.2. The highest BCUT2D eigenvalue weighted by atomic mass is 32.1. The van der Waals surface area contributed by atoms with Gasteiger partial charge in [0, 0.05) is 23.7 Å². The number of aromatic carboxylic acids is 1. The second-order valence-corrected chi connectivity index (χ2v) is 10.8. The Bertz CT molecular complexity index is 1350. The van der Waals surface area contributed by atoms with Gasteiger partial charge in [-0.2, -0.15) is 0 Å². The molecule has 4 aromatic rings. The quantitative estimate of drug-likeness (QED) is 0.300. The number of rotatable bonds is 7. The van der Waals surface area contributed by atoms with E-state index in [0.717, 1.165) is 44.2 Å². The molecule has 0 saturated heterocycles. The van der Waals surface area contributed by atoms with Crippen LogP contribution in [-0.2, 0) is 9.09 Å². The highest BCUT2D eigenvalue weighted by molar-refractivity contribution is 7.68. The summed E-state index contributed by atoms with van der Waals surface area (Å²) in [5, 5.41) is 13.2. The summed E-state index contributed by atoms with van der Waals surface area (Å²) in [6, 6.07) is 20.7. The fraction of sp³-hybridized carbons (Fsp3) is 0.120. The maximum Gasteiger partial charge on any atom is 0.348 e. The molecule has 0 aliphatic heterocycles. The van der Waals surface area contributed by atoms with Crippen LogP contribution in [0.5, 0.6) is 0 Å². The van der Waals surface area contributed by atoms with Crippen molar-refractivity contribution in [2.75, 3.05) is 12.2 Å². The monoisotopic (exact) mass is 478 g/mol. The van der Waals surface area contributed by atoms with Crippen LogP contribution in [0.15, 0.2) is 72.9 Å². The summed E-state index contributed by atoms with van der Waals surface area (Å²) in [5.41, 5.74) is 4.79. The molecule has 0 bridgehead atoms. The van der Waals surface area contributed by atoms with E-state index < -0.39 is 13.5 Å². The van der Waals surface area contributed by atoms with Gasteiger partial charge in [-0.1, -0.05) is 48.0 Å². The first-order valence-corrected chi connectivity index (χ1v) is 12.7. The minimum Gasteiger partial charge on any atom is -0.477 e. The van der Waals surface area contributed by atoms with E-state index in [4.69, 9.17) is 4.52 Å². The third kappa shape index (κ3) is 4.76. The van der Waals surface area contributed by atoms with E-state index in [-0.39, 0.29) is 10.6 Å². The highest BCUT2D eigenvalue weighted by Gasteiger charge is 2.30. The van der Waals surface area contributed by atoms with Crippen molar-refractivity contribution in [2.45, 2.75) is 13.8 Å². The summed E-state index contributed by atoms with van der Waals surface area (Å²) in [7, 11) is -2.18. The predicted octanol–water partition coefficient (Wildman–Crippen LogP) is 6.37. The second kappa shape index (κ2) is 9.32. The van der Waals surface area contributed by atoms with Crippen molar-refractivity contribution in [3.63, 3.8) is 0 Å². The van der Waals surface area contributed by atoms with E-state index in [1.54, 1.807) is 18.3 Å². The lowest BCUT2D eigenvalue weighted by atomic mass is 10.1. The number of benzene rings is 2. The van der Waals surface area contributed by atoms with Crippen LogP contribution < -0.4 is 10.4 Å². The van der Waals surface area contributed by atoms with Crippen molar-refractivity contribution in [3.8, 4) is 21.7 Å². The fourth-order valence-electron chi connectivity index (χ4n) is 3.61. The van der Waals surface area contributed by atoms with E-state index in [0.29, 0.717) is 5.30 Å². The standard InChI is InChI=1S/C25H23N2O4PS/c1-16-7-12-22(17(2)14-16)32(30,31-3)27-21-15-23(33-24(21)25(28)29)19-10-8-18(9-11-19)20-6-4-5-13-26-20/h4-15H,1-3H3,(H,27,30)(H,28,29). The molecule has 0 fully saturated rings. The SMILES string of the molecule is COP(=O)(Nc1cc(-c2ccc(-c3ccccn3)cc2)sc1C(=O)O)c1ccc(C)cc1C. The molecule has 1 unspecified atom stereocenters. The molecule has 2 heterocycles. The number of aromatic nitrogens is 1. The van der Waals surface area contributed by atoms with Gasteiger partial charge in [0.25, 0.3) is 0 Å². The van der Waals surface area contributed by atoms with E-state index in [2.05, 4.69) is 10.1 Å². The van der Waals surface area contributed by atoms with E-state index in [1.807, 2.05) is 68.4 Å². The Morgan fingerprint density at radius 3 is 2.36 bits per heavy atom. The molecule has 0 radical (unpaired) electrons. The van der Waals surface area contributed by atoms with Crippen molar-refractivity contribution in [2.24, 2.45) is 0 Å². The highest BCUT2D eigenvalue weighted by Crippen LogP contribution is 2.48. The van der Waals surface area contributed by atoms with Gasteiger partial charge in [0.1, 0.15) is 4.88 Å². The van der Waals surface area contributed by atoms with Gasteiger partial charge in [-0.3, -0.25) is 9.55 Å². The summed E-state index contributed by atoms with van der Waals surface area (Å²) < 4.78 is 19.1. The molecule has 2 aromatic carbocycles. The zero-order valence-electron chi connectivity index (χ0n) is 18.4. The van der Waals surface area contributed by atoms with Gasteiger partial charge in [-0.15, -0.1) is 11.3 Å².